The lowest BCUT2D eigenvalue weighted by atomic mass is 9.41. The second kappa shape index (κ2) is 0.852. The molecular formula is C10H12. The summed E-state index contributed by atoms with van der Waals surface area (Å²) in [5, 5.41) is 0. The van der Waals surface area contributed by atoms with Crippen molar-refractivity contribution in [2.75, 3.05) is 0 Å². The predicted octanol–water partition coefficient (Wildman–Crippen LogP) is 1.76. The largest absolute Gasteiger partial charge is 0.0465 e. The van der Waals surface area contributed by atoms with Crippen LogP contribution in [0, 0.1) is 47.3 Å². The van der Waals surface area contributed by atoms with Gasteiger partial charge in [-0.05, 0) is 60.2 Å². The first kappa shape index (κ1) is 4.13. The standard InChI is InChI=1S/C10H12/c1-3-4-2-6-7(3)9-5(1)8(4)10(6)9/h3-10H,1-2H2/t3-,4+,5+,6-,7+,8-,9-,10+. The molecule has 0 unspecified atom stereocenters. The molecule has 0 aromatic heterocycles. The molecule has 8 atom stereocenters. The number of hydrogen-bond donors (Lipinski definition) is 0. The first-order valence-corrected chi connectivity index (χ1v) is 4.97. The fourth-order valence-electron chi connectivity index (χ4n) is 6.15. The van der Waals surface area contributed by atoms with Gasteiger partial charge in [-0.1, -0.05) is 0 Å². The Morgan fingerprint density at radius 2 is 1.00 bits per heavy atom. The second-order valence-corrected chi connectivity index (χ2v) is 5.44. The normalized spacial score (nSPS) is 91.2. The van der Waals surface area contributed by atoms with Gasteiger partial charge in [-0.3, -0.25) is 0 Å². The Bertz CT molecular complexity index is 201. The molecule has 6 saturated carbocycles. The smallest absolute Gasteiger partial charge is 0.0315 e. The third kappa shape index (κ3) is 0.170. The molecule has 6 aliphatic rings. The van der Waals surface area contributed by atoms with Crippen LogP contribution in [0.2, 0.25) is 0 Å². The fourth-order valence-corrected chi connectivity index (χ4v) is 6.15. The van der Waals surface area contributed by atoms with Crippen LogP contribution in [0.25, 0.3) is 0 Å². The van der Waals surface area contributed by atoms with Crippen LogP contribution in [-0.2, 0) is 0 Å². The molecule has 0 aliphatic heterocycles. The van der Waals surface area contributed by atoms with E-state index in [1.165, 1.54) is 47.3 Å². The summed E-state index contributed by atoms with van der Waals surface area (Å²) in [6, 6.07) is 0. The number of hydrogen-bond acceptors (Lipinski definition) is 0. The van der Waals surface area contributed by atoms with Gasteiger partial charge in [0.2, 0.25) is 0 Å². The van der Waals surface area contributed by atoms with Crippen molar-refractivity contribution in [1.29, 1.82) is 0 Å². The van der Waals surface area contributed by atoms with Gasteiger partial charge < -0.3 is 0 Å². The van der Waals surface area contributed by atoms with Crippen molar-refractivity contribution in [3.63, 3.8) is 0 Å². The zero-order chi connectivity index (χ0) is 6.03. The number of rotatable bonds is 0. The van der Waals surface area contributed by atoms with Crippen LogP contribution in [-0.4, -0.2) is 0 Å². The molecule has 0 saturated heterocycles. The Balaban J connectivity index is 1.94. The minimum absolute atomic E-state index is 1.27. The predicted molar refractivity (Wildman–Crippen MR) is 37.2 cm³/mol. The molecular weight excluding hydrogens is 120 g/mol. The van der Waals surface area contributed by atoms with Crippen molar-refractivity contribution < 1.29 is 0 Å². The Kier molecular flexibility index (Phi) is 0.352. The van der Waals surface area contributed by atoms with Crippen molar-refractivity contribution in [1.82, 2.24) is 0 Å². The molecule has 0 N–H and O–H groups in total. The molecule has 0 heterocycles. The fraction of sp³-hybridized carbons (Fsp3) is 1.00. The molecule has 0 aromatic rings. The molecule has 0 spiro atoms. The molecule has 0 amide bonds. The molecule has 6 aliphatic carbocycles. The van der Waals surface area contributed by atoms with Crippen LogP contribution in [0.15, 0.2) is 0 Å². The lowest BCUT2D eigenvalue weighted by molar-refractivity contribution is -0.169. The van der Waals surface area contributed by atoms with E-state index in [1.54, 1.807) is 12.8 Å². The van der Waals surface area contributed by atoms with E-state index < -0.39 is 0 Å². The summed E-state index contributed by atoms with van der Waals surface area (Å²) in [7, 11) is 0. The zero-order valence-electron chi connectivity index (χ0n) is 6.03. The summed E-state index contributed by atoms with van der Waals surface area (Å²) in [5.74, 6) is 10.3. The van der Waals surface area contributed by atoms with Gasteiger partial charge in [-0.2, -0.15) is 0 Å². The Morgan fingerprint density at radius 3 is 1.40 bits per heavy atom. The average molecular weight is 132 g/mol. The van der Waals surface area contributed by atoms with Gasteiger partial charge in [0.1, 0.15) is 0 Å². The quantitative estimate of drug-likeness (QED) is 0.471. The van der Waals surface area contributed by atoms with Crippen LogP contribution < -0.4 is 0 Å². The minimum Gasteiger partial charge on any atom is -0.0465 e. The van der Waals surface area contributed by atoms with Crippen LogP contribution in [0.4, 0.5) is 0 Å². The van der Waals surface area contributed by atoms with E-state index in [1.807, 2.05) is 0 Å². The highest BCUT2D eigenvalue weighted by Gasteiger charge is 2.83. The Hall–Kier alpha value is 0. The second-order valence-electron chi connectivity index (χ2n) is 5.44. The first-order chi connectivity index (χ1) is 4.97. The maximum atomic E-state index is 1.68. The van der Waals surface area contributed by atoms with E-state index in [2.05, 4.69) is 0 Å². The molecule has 0 aromatic carbocycles. The van der Waals surface area contributed by atoms with Crippen LogP contribution in [0.3, 0.4) is 0 Å². The summed E-state index contributed by atoms with van der Waals surface area (Å²) in [4.78, 5) is 0. The highest BCUT2D eigenvalue weighted by molar-refractivity contribution is 5.30. The van der Waals surface area contributed by atoms with Gasteiger partial charge in [-0.25, -0.2) is 0 Å². The summed E-state index contributed by atoms with van der Waals surface area (Å²) in [6.07, 6.45) is 3.36. The summed E-state index contributed by atoms with van der Waals surface area (Å²) in [5.41, 5.74) is 0. The average Bonchev–Trinajstić information content (AvgIpc) is 2.32. The minimum atomic E-state index is 1.27. The van der Waals surface area contributed by atoms with Gasteiger partial charge >= 0.3 is 0 Å². The van der Waals surface area contributed by atoms with Crippen molar-refractivity contribution in [2.24, 2.45) is 47.3 Å². The zero-order valence-corrected chi connectivity index (χ0v) is 6.03. The molecule has 0 nitrogen and oxygen atoms in total. The Labute approximate surface area is 61.0 Å². The molecule has 6 rings (SSSR count). The van der Waals surface area contributed by atoms with E-state index >= 15 is 0 Å². The molecule has 6 fully saturated rings. The Morgan fingerprint density at radius 1 is 0.500 bits per heavy atom. The summed E-state index contributed by atoms with van der Waals surface area (Å²) < 4.78 is 0. The van der Waals surface area contributed by atoms with E-state index in [-0.39, 0.29) is 0 Å². The van der Waals surface area contributed by atoms with Gasteiger partial charge in [0.05, 0.1) is 0 Å². The monoisotopic (exact) mass is 132 g/mol. The van der Waals surface area contributed by atoms with Crippen LogP contribution >= 0.6 is 0 Å². The summed E-state index contributed by atoms with van der Waals surface area (Å²) in [6.45, 7) is 0. The SMILES string of the molecule is C1[C@@H]2[C@@H]3[C@@H]4C[C@H]5[C@@H]([C@@H]14)[C@H]2[C@H]53. The van der Waals surface area contributed by atoms with E-state index in [4.69, 9.17) is 0 Å². The lowest BCUT2D eigenvalue weighted by Crippen LogP contribution is -2.60. The van der Waals surface area contributed by atoms with Crippen LogP contribution in [0.1, 0.15) is 12.8 Å². The van der Waals surface area contributed by atoms with Crippen LogP contribution in [0.5, 0.6) is 0 Å². The molecule has 10 heavy (non-hydrogen) atoms. The van der Waals surface area contributed by atoms with Gasteiger partial charge in [-0.15, -0.1) is 0 Å². The lowest BCUT2D eigenvalue weighted by Gasteiger charge is -2.63. The molecule has 4 bridgehead atoms. The van der Waals surface area contributed by atoms with Gasteiger partial charge in [0, 0.05) is 0 Å². The third-order valence-corrected chi connectivity index (χ3v) is 5.94. The van der Waals surface area contributed by atoms with E-state index in [0.717, 1.165) is 0 Å². The van der Waals surface area contributed by atoms with Crippen molar-refractivity contribution >= 4 is 0 Å². The topological polar surface area (TPSA) is 0 Å². The first-order valence-electron chi connectivity index (χ1n) is 4.97. The van der Waals surface area contributed by atoms with Crippen molar-refractivity contribution in [3.8, 4) is 0 Å². The highest BCUT2D eigenvalue weighted by atomic mass is 14.9. The molecule has 0 heteroatoms. The highest BCUT2D eigenvalue weighted by Crippen LogP contribution is 2.88. The van der Waals surface area contributed by atoms with E-state index in [9.17, 15) is 0 Å². The van der Waals surface area contributed by atoms with Gasteiger partial charge in [0.15, 0.2) is 0 Å². The van der Waals surface area contributed by atoms with Crippen molar-refractivity contribution in [2.45, 2.75) is 12.8 Å². The van der Waals surface area contributed by atoms with E-state index in [0.29, 0.717) is 0 Å². The molecule has 52 valence electrons. The van der Waals surface area contributed by atoms with Crippen molar-refractivity contribution in [3.05, 3.63) is 0 Å². The molecule has 0 radical (unpaired) electrons. The van der Waals surface area contributed by atoms with Gasteiger partial charge in [0.25, 0.3) is 0 Å². The summed E-state index contributed by atoms with van der Waals surface area (Å²) >= 11 is 0. The maximum absolute atomic E-state index is 1.68. The third-order valence-electron chi connectivity index (χ3n) is 5.94. The maximum Gasteiger partial charge on any atom is -0.0315 e.